The van der Waals surface area contributed by atoms with Crippen molar-refractivity contribution in [1.29, 1.82) is 0 Å². The molecule has 0 aromatic heterocycles. The molecule has 0 heterocycles. The average molecular weight is 248 g/mol. The molecule has 6 nitrogen and oxygen atoms in total. The van der Waals surface area contributed by atoms with Gasteiger partial charge in [0.25, 0.3) is 0 Å². The van der Waals surface area contributed by atoms with Gasteiger partial charge in [0, 0.05) is 25.5 Å². The maximum absolute atomic E-state index is 8.74. The number of hydrogen-bond acceptors (Lipinski definition) is 4. The zero-order chi connectivity index (χ0) is 12.9. The third kappa shape index (κ3) is 6.23. The highest BCUT2D eigenvalue weighted by molar-refractivity contribution is 7.79. The predicted octanol–water partition coefficient (Wildman–Crippen LogP) is 0.990. The van der Waals surface area contributed by atoms with Gasteiger partial charge in [0.2, 0.25) is 0 Å². The highest BCUT2D eigenvalue weighted by Crippen LogP contribution is 2.22. The molecule has 0 amide bonds. The van der Waals surface area contributed by atoms with Crippen LogP contribution in [-0.4, -0.2) is 31.6 Å². The van der Waals surface area contributed by atoms with E-state index in [0.717, 1.165) is 11.3 Å². The van der Waals surface area contributed by atoms with Gasteiger partial charge in [-0.3, -0.25) is 9.11 Å². The first-order chi connectivity index (χ1) is 7.13. The van der Waals surface area contributed by atoms with Gasteiger partial charge in [-0.05, 0) is 24.6 Å². The zero-order valence-electron chi connectivity index (χ0n) is 9.38. The number of nitrogen functional groups attached to an aromatic ring is 1. The lowest BCUT2D eigenvalue weighted by Crippen LogP contribution is -2.10. The van der Waals surface area contributed by atoms with E-state index in [9.17, 15) is 0 Å². The minimum atomic E-state index is -4.67. The summed E-state index contributed by atoms with van der Waals surface area (Å²) in [4.78, 5) is 2.06. The molecule has 0 atom stereocenters. The molecule has 0 bridgehead atoms. The van der Waals surface area contributed by atoms with Gasteiger partial charge in [-0.15, -0.1) is 0 Å². The van der Waals surface area contributed by atoms with Crippen LogP contribution in [0.2, 0.25) is 0 Å². The number of rotatable bonds is 1. The molecule has 1 rings (SSSR count). The third-order valence-corrected chi connectivity index (χ3v) is 1.83. The molecule has 4 N–H and O–H groups in total. The topological polar surface area (TPSA) is 104 Å². The Morgan fingerprint density at radius 2 is 1.69 bits per heavy atom. The molecule has 0 fully saturated rings. The van der Waals surface area contributed by atoms with E-state index in [1.807, 2.05) is 33.2 Å². The molecule has 0 saturated carbocycles. The fourth-order valence-corrected chi connectivity index (χ4v) is 1.13. The Balaban J connectivity index is 0.000000385. The molecule has 1 aromatic carbocycles. The summed E-state index contributed by atoms with van der Waals surface area (Å²) in [6.45, 7) is 2.03. The summed E-state index contributed by atoms with van der Waals surface area (Å²) < 4.78 is 31.6. The molecule has 0 spiro atoms. The Morgan fingerprint density at radius 3 is 2.00 bits per heavy atom. The SMILES string of the molecule is Cc1c(N)cccc1N(C)C.O=S(=O)(O)O. The molecule has 16 heavy (non-hydrogen) atoms. The second kappa shape index (κ2) is 5.69. The van der Waals surface area contributed by atoms with Crippen molar-refractivity contribution < 1.29 is 17.5 Å². The fraction of sp³-hybridized carbons (Fsp3) is 0.333. The van der Waals surface area contributed by atoms with Crippen molar-refractivity contribution in [2.24, 2.45) is 0 Å². The minimum Gasteiger partial charge on any atom is -0.398 e. The van der Waals surface area contributed by atoms with Gasteiger partial charge in [-0.2, -0.15) is 8.42 Å². The van der Waals surface area contributed by atoms with E-state index in [2.05, 4.69) is 11.0 Å². The normalized spacial score (nSPS) is 10.3. The third-order valence-electron chi connectivity index (χ3n) is 1.83. The summed E-state index contributed by atoms with van der Waals surface area (Å²) in [7, 11) is -0.635. The highest BCUT2D eigenvalue weighted by atomic mass is 32.3. The minimum absolute atomic E-state index is 0.858. The van der Waals surface area contributed by atoms with Gasteiger partial charge in [-0.1, -0.05) is 6.07 Å². The summed E-state index contributed by atoms with van der Waals surface area (Å²) in [6.07, 6.45) is 0. The molecule has 0 radical (unpaired) electrons. The molecule has 0 unspecified atom stereocenters. The van der Waals surface area contributed by atoms with Crippen LogP contribution in [0.15, 0.2) is 18.2 Å². The predicted molar refractivity (Wildman–Crippen MR) is 64.1 cm³/mol. The lowest BCUT2D eigenvalue weighted by atomic mass is 10.1. The van der Waals surface area contributed by atoms with Crippen LogP contribution in [0.5, 0.6) is 0 Å². The lowest BCUT2D eigenvalue weighted by Gasteiger charge is -2.16. The quantitative estimate of drug-likeness (QED) is 0.506. The Hall–Kier alpha value is -1.31. The molecule has 1 aromatic rings. The Morgan fingerprint density at radius 1 is 1.25 bits per heavy atom. The lowest BCUT2D eigenvalue weighted by molar-refractivity contribution is 0.381. The molecule has 92 valence electrons. The van der Waals surface area contributed by atoms with E-state index < -0.39 is 10.4 Å². The standard InChI is InChI=1S/C9H14N2.H2O4S/c1-7-8(10)5-4-6-9(7)11(2)3;1-5(2,3)4/h4-6H,10H2,1-3H3;(H2,1,2,3,4). The van der Waals surface area contributed by atoms with Crippen molar-refractivity contribution in [2.75, 3.05) is 24.7 Å². The number of nitrogens with two attached hydrogens (primary N) is 1. The maximum atomic E-state index is 8.74. The molecule has 0 aliphatic heterocycles. The monoisotopic (exact) mass is 248 g/mol. The first-order valence-corrected chi connectivity index (χ1v) is 5.75. The first-order valence-electron chi connectivity index (χ1n) is 4.35. The van der Waals surface area contributed by atoms with Crippen molar-refractivity contribution >= 4 is 21.8 Å². The summed E-state index contributed by atoms with van der Waals surface area (Å²) in [6, 6.07) is 5.95. The van der Waals surface area contributed by atoms with Gasteiger partial charge in [0.1, 0.15) is 0 Å². The Bertz CT molecular complexity index is 435. The van der Waals surface area contributed by atoms with E-state index in [4.69, 9.17) is 23.3 Å². The van der Waals surface area contributed by atoms with E-state index in [1.54, 1.807) is 0 Å². The summed E-state index contributed by atoms with van der Waals surface area (Å²) in [5.74, 6) is 0. The van der Waals surface area contributed by atoms with Gasteiger partial charge < -0.3 is 10.6 Å². The fourth-order valence-electron chi connectivity index (χ4n) is 1.13. The molecular weight excluding hydrogens is 232 g/mol. The van der Waals surface area contributed by atoms with E-state index >= 15 is 0 Å². The van der Waals surface area contributed by atoms with Crippen molar-refractivity contribution in [2.45, 2.75) is 6.92 Å². The molecule has 0 saturated heterocycles. The van der Waals surface area contributed by atoms with Crippen molar-refractivity contribution in [3.05, 3.63) is 23.8 Å². The van der Waals surface area contributed by atoms with E-state index in [1.165, 1.54) is 5.69 Å². The van der Waals surface area contributed by atoms with Crippen LogP contribution < -0.4 is 10.6 Å². The number of benzene rings is 1. The summed E-state index contributed by atoms with van der Waals surface area (Å²) in [5.41, 5.74) is 8.93. The summed E-state index contributed by atoms with van der Waals surface area (Å²) in [5, 5.41) is 0. The van der Waals surface area contributed by atoms with Crippen molar-refractivity contribution in [1.82, 2.24) is 0 Å². The molecule has 0 aliphatic rings. The van der Waals surface area contributed by atoms with Crippen LogP contribution in [0.3, 0.4) is 0 Å². The number of hydrogen-bond donors (Lipinski definition) is 3. The van der Waals surface area contributed by atoms with Crippen LogP contribution in [0.4, 0.5) is 11.4 Å². The van der Waals surface area contributed by atoms with Gasteiger partial charge >= 0.3 is 10.4 Å². The second-order valence-electron chi connectivity index (χ2n) is 3.33. The van der Waals surface area contributed by atoms with Gasteiger partial charge in [0.05, 0.1) is 0 Å². The van der Waals surface area contributed by atoms with Crippen molar-refractivity contribution in [3.63, 3.8) is 0 Å². The highest BCUT2D eigenvalue weighted by Gasteiger charge is 2.00. The Kier molecular flexibility index (Phi) is 5.22. The Labute approximate surface area is 95.3 Å². The van der Waals surface area contributed by atoms with Gasteiger partial charge in [-0.25, -0.2) is 0 Å². The average Bonchev–Trinajstić information content (AvgIpc) is 2.06. The summed E-state index contributed by atoms with van der Waals surface area (Å²) >= 11 is 0. The van der Waals surface area contributed by atoms with Crippen LogP contribution in [0, 0.1) is 6.92 Å². The first kappa shape index (κ1) is 14.7. The van der Waals surface area contributed by atoms with Crippen LogP contribution in [-0.2, 0) is 10.4 Å². The maximum Gasteiger partial charge on any atom is 0.394 e. The molecule has 0 aliphatic carbocycles. The second-order valence-corrected chi connectivity index (χ2v) is 4.23. The number of anilines is 2. The smallest absolute Gasteiger partial charge is 0.394 e. The molecular formula is C9H16N2O4S. The van der Waals surface area contributed by atoms with Crippen LogP contribution in [0.1, 0.15) is 5.56 Å². The largest absolute Gasteiger partial charge is 0.398 e. The van der Waals surface area contributed by atoms with E-state index in [-0.39, 0.29) is 0 Å². The zero-order valence-corrected chi connectivity index (χ0v) is 10.2. The molecule has 7 heteroatoms. The van der Waals surface area contributed by atoms with Crippen LogP contribution in [0.25, 0.3) is 0 Å². The van der Waals surface area contributed by atoms with Crippen molar-refractivity contribution in [3.8, 4) is 0 Å². The van der Waals surface area contributed by atoms with E-state index in [0.29, 0.717) is 0 Å². The van der Waals surface area contributed by atoms with Crippen LogP contribution >= 0.6 is 0 Å². The number of nitrogens with zero attached hydrogens (tertiary/aromatic N) is 1. The van der Waals surface area contributed by atoms with Gasteiger partial charge in [0.15, 0.2) is 0 Å².